The van der Waals surface area contributed by atoms with E-state index < -0.39 is 49.6 Å². The summed E-state index contributed by atoms with van der Waals surface area (Å²) in [6.07, 6.45) is 2.95. The van der Waals surface area contributed by atoms with Crippen LogP contribution in [0.5, 0.6) is 0 Å². The predicted molar refractivity (Wildman–Crippen MR) is 254 cm³/mol. The van der Waals surface area contributed by atoms with E-state index in [-0.39, 0.29) is 25.4 Å². The van der Waals surface area contributed by atoms with Gasteiger partial charge in [-0.15, -0.1) is 10.2 Å². The van der Waals surface area contributed by atoms with E-state index in [4.69, 9.17) is 52.3 Å². The van der Waals surface area contributed by atoms with E-state index in [1.54, 1.807) is 38.1 Å². The molecule has 20 nitrogen and oxygen atoms in total. The lowest BCUT2D eigenvalue weighted by molar-refractivity contribution is -0.139. The second-order valence-electron chi connectivity index (χ2n) is 14.7. The summed E-state index contributed by atoms with van der Waals surface area (Å²) >= 11 is 12.7. The summed E-state index contributed by atoms with van der Waals surface area (Å²) in [6.45, 7) is 7.04. The van der Waals surface area contributed by atoms with Crippen molar-refractivity contribution >= 4 is 55.4 Å². The van der Waals surface area contributed by atoms with Gasteiger partial charge in [-0.25, -0.2) is 14.6 Å². The second kappa shape index (κ2) is 26.3. The fraction of sp³-hybridized carbons (Fsp3) is 0.364. The molecule has 2 aromatic heterocycles. The highest BCUT2D eigenvalue weighted by Gasteiger charge is 2.39. The molecule has 6 rings (SSSR count). The number of esters is 2. The van der Waals surface area contributed by atoms with Crippen molar-refractivity contribution in [3.05, 3.63) is 128 Å². The van der Waals surface area contributed by atoms with Crippen LogP contribution in [0.15, 0.2) is 95.3 Å². The average molecular weight is 1020 g/mol. The molecule has 1 aliphatic heterocycles. The normalized spacial score (nSPS) is 13.8. The number of ether oxygens (including phenoxy) is 3. The first-order valence-electron chi connectivity index (χ1n) is 21.0. The molecule has 68 heavy (non-hydrogen) atoms. The number of aryl methyl sites for hydroxylation is 1. The number of hydrogen-bond donors (Lipinski definition) is 6. The Bertz CT molecular complexity index is 2740. The highest BCUT2D eigenvalue weighted by molar-refractivity contribution is 7.89. The van der Waals surface area contributed by atoms with Crippen molar-refractivity contribution in [2.75, 3.05) is 45.0 Å². The molecule has 0 saturated carbocycles. The summed E-state index contributed by atoms with van der Waals surface area (Å²) in [6, 6.07) is 23.4. The SMILES string of the molecule is CCCCc1nc(Cl)c(CO)n1Cc1ccc(-c2ccccc2-c2nn[nH]n2)cc1.CCOC(=O)C1=C(COCCN)NC(C)=C(C(=O)OC)C1c1ccccc1Cl.O=S(=O)(O)CCS(=O)(=O)O. The van der Waals surface area contributed by atoms with Gasteiger partial charge < -0.3 is 34.9 Å². The molecule has 0 radical (unpaired) electrons. The first-order chi connectivity index (χ1) is 32.4. The molecule has 3 aromatic carbocycles. The lowest BCUT2D eigenvalue weighted by atomic mass is 9.80. The summed E-state index contributed by atoms with van der Waals surface area (Å²) in [5, 5.41) is 28.1. The quantitative estimate of drug-likeness (QED) is 0.0348. The van der Waals surface area contributed by atoms with Gasteiger partial charge in [0, 0.05) is 35.8 Å². The van der Waals surface area contributed by atoms with Crippen LogP contribution in [0.1, 0.15) is 62.2 Å². The number of aromatic nitrogens is 6. The van der Waals surface area contributed by atoms with E-state index in [0.717, 1.165) is 47.3 Å². The van der Waals surface area contributed by atoms with Crippen LogP contribution >= 0.6 is 23.2 Å². The molecule has 1 unspecified atom stereocenters. The van der Waals surface area contributed by atoms with E-state index in [1.165, 1.54) is 7.11 Å². The standard InChI is InChI=1S/C22H23ClN6O.C20H25ClN2O5.C2H6O6S2/c1-2-3-8-20-24-21(23)19(14-30)29(20)13-15-9-11-16(12-10-15)17-6-4-5-7-18(17)22-25-27-28-26-22;1-4-28-20(25)18-15(11-27-10-9-22)23-12(2)16(19(24)26-3)17(18)13-7-5-6-8-14(13)21;3-9(4,5)1-2-10(6,7)8/h4-7,9-12,30H,2-3,8,13-14H2,1H3,(H,25,26,27,28);5-8,17,23H,4,9-11,22H2,1-3H3;1-2H2,(H,3,4,5)(H,6,7,8). The fourth-order valence-electron chi connectivity index (χ4n) is 6.88. The zero-order valence-electron chi connectivity index (χ0n) is 37.7. The summed E-state index contributed by atoms with van der Waals surface area (Å²) in [7, 11) is -7.30. The van der Waals surface area contributed by atoms with Gasteiger partial charge in [-0.3, -0.25) is 9.11 Å². The van der Waals surface area contributed by atoms with Crippen molar-refractivity contribution in [1.29, 1.82) is 0 Å². The number of dihydropyridines is 1. The van der Waals surface area contributed by atoms with Gasteiger partial charge in [0.1, 0.15) is 5.82 Å². The lowest BCUT2D eigenvalue weighted by Gasteiger charge is -2.31. The highest BCUT2D eigenvalue weighted by Crippen LogP contribution is 2.42. The van der Waals surface area contributed by atoms with Crippen molar-refractivity contribution in [2.24, 2.45) is 5.73 Å². The van der Waals surface area contributed by atoms with Crippen LogP contribution in [-0.2, 0) is 63.6 Å². The molecule has 5 aromatic rings. The van der Waals surface area contributed by atoms with Crippen LogP contribution in [-0.4, -0.2) is 118 Å². The number of carbonyl (C=O) groups excluding carboxylic acids is 2. The number of tetrazole rings is 1. The molecular weight excluding hydrogens is 968 g/mol. The van der Waals surface area contributed by atoms with E-state index in [9.17, 15) is 31.5 Å². The first kappa shape index (κ1) is 55.0. The Balaban J connectivity index is 0.000000248. The molecule has 368 valence electrons. The van der Waals surface area contributed by atoms with Gasteiger partial charge in [0.05, 0.1) is 73.5 Å². The minimum absolute atomic E-state index is 0.109. The van der Waals surface area contributed by atoms with Gasteiger partial charge in [-0.2, -0.15) is 22.0 Å². The number of aliphatic hydroxyl groups excluding tert-OH is 1. The van der Waals surface area contributed by atoms with Gasteiger partial charge >= 0.3 is 11.9 Å². The number of aliphatic hydroxyl groups is 1. The molecule has 7 N–H and O–H groups in total. The minimum atomic E-state index is -4.30. The molecule has 0 spiro atoms. The Morgan fingerprint density at radius 1 is 0.897 bits per heavy atom. The summed E-state index contributed by atoms with van der Waals surface area (Å²) < 4.78 is 73.2. The van der Waals surface area contributed by atoms with Crippen molar-refractivity contribution in [3.8, 4) is 22.5 Å². The van der Waals surface area contributed by atoms with Crippen LogP contribution < -0.4 is 11.1 Å². The maximum absolute atomic E-state index is 12.9. The number of nitrogens with one attached hydrogen (secondary N) is 2. The second-order valence-corrected chi connectivity index (χ2v) is 18.6. The summed E-state index contributed by atoms with van der Waals surface area (Å²) in [4.78, 5) is 29.9. The third-order valence-electron chi connectivity index (χ3n) is 9.99. The number of imidazole rings is 1. The molecule has 0 bridgehead atoms. The Kier molecular flexibility index (Phi) is 21.3. The Labute approximate surface area is 404 Å². The number of hydrogen-bond acceptors (Lipinski definition) is 16. The molecule has 0 amide bonds. The molecule has 0 saturated heterocycles. The zero-order valence-corrected chi connectivity index (χ0v) is 40.8. The number of carbonyl (C=O) groups is 2. The molecule has 24 heteroatoms. The molecule has 0 fully saturated rings. The number of allylic oxidation sites excluding steroid dienone is 1. The maximum Gasteiger partial charge on any atom is 0.336 e. The van der Waals surface area contributed by atoms with Gasteiger partial charge in [-0.05, 0) is 53.8 Å². The third kappa shape index (κ3) is 15.7. The number of unbranched alkanes of at least 4 members (excludes halogenated alkanes) is 1. The topological polar surface area (TPSA) is 301 Å². The molecule has 0 aliphatic carbocycles. The Hall–Kier alpha value is -5.56. The van der Waals surface area contributed by atoms with Crippen molar-refractivity contribution in [2.45, 2.75) is 59.1 Å². The monoisotopic (exact) mass is 1020 g/mol. The number of aromatic amines is 1. The number of nitrogens with zero attached hydrogens (tertiary/aromatic N) is 5. The number of H-pyrrole nitrogens is 1. The number of halogens is 2. The van der Waals surface area contributed by atoms with Crippen LogP contribution in [0.2, 0.25) is 10.2 Å². The lowest BCUT2D eigenvalue weighted by Crippen LogP contribution is -2.35. The minimum Gasteiger partial charge on any atom is -0.466 e. The molecule has 1 atom stereocenters. The van der Waals surface area contributed by atoms with Gasteiger partial charge in [-0.1, -0.05) is 103 Å². The van der Waals surface area contributed by atoms with Crippen LogP contribution in [0.4, 0.5) is 0 Å². The van der Waals surface area contributed by atoms with E-state index in [2.05, 4.69) is 62.1 Å². The van der Waals surface area contributed by atoms with Crippen molar-refractivity contribution < 1.29 is 54.8 Å². The van der Waals surface area contributed by atoms with Gasteiger partial charge in [0.25, 0.3) is 20.2 Å². The number of rotatable bonds is 19. The molecule has 3 heterocycles. The number of benzene rings is 3. The van der Waals surface area contributed by atoms with E-state index in [1.807, 2.05) is 28.8 Å². The van der Waals surface area contributed by atoms with E-state index >= 15 is 0 Å². The van der Waals surface area contributed by atoms with Crippen molar-refractivity contribution in [1.82, 2.24) is 35.5 Å². The average Bonchev–Trinajstić information content (AvgIpc) is 3.95. The zero-order chi connectivity index (χ0) is 50.0. The molecular formula is C44H54Cl2N8O12S2. The fourth-order valence-corrected chi connectivity index (χ4v) is 9.06. The first-order valence-corrected chi connectivity index (χ1v) is 25.0. The van der Waals surface area contributed by atoms with Crippen LogP contribution in [0.25, 0.3) is 22.5 Å². The number of nitrogens with two attached hydrogens (primary N) is 1. The van der Waals surface area contributed by atoms with Gasteiger partial charge in [0.2, 0.25) is 5.82 Å². The highest BCUT2D eigenvalue weighted by atomic mass is 35.5. The Morgan fingerprint density at radius 2 is 1.54 bits per heavy atom. The number of methoxy groups -OCH3 is 1. The maximum atomic E-state index is 12.9. The van der Waals surface area contributed by atoms with Crippen LogP contribution in [0.3, 0.4) is 0 Å². The van der Waals surface area contributed by atoms with Gasteiger partial charge in [0.15, 0.2) is 5.15 Å². The third-order valence-corrected chi connectivity index (χ3v) is 12.3. The largest absolute Gasteiger partial charge is 0.466 e. The van der Waals surface area contributed by atoms with E-state index in [0.29, 0.717) is 63.9 Å². The van der Waals surface area contributed by atoms with Crippen LogP contribution in [0, 0.1) is 0 Å². The predicted octanol–water partition coefficient (Wildman–Crippen LogP) is 5.30. The molecule has 1 aliphatic rings. The summed E-state index contributed by atoms with van der Waals surface area (Å²) in [5.74, 6) is -2.34. The summed E-state index contributed by atoms with van der Waals surface area (Å²) in [5.41, 5.74) is 12.5. The smallest absolute Gasteiger partial charge is 0.336 e. The van der Waals surface area contributed by atoms with Crippen molar-refractivity contribution in [3.63, 3.8) is 0 Å². The Morgan fingerprint density at radius 3 is 2.10 bits per heavy atom.